The Hall–Kier alpha value is -2.13. The maximum Gasteiger partial charge on any atom is 0.417 e. The summed E-state index contributed by atoms with van der Waals surface area (Å²) in [5.41, 5.74) is -0.911. The van der Waals surface area contributed by atoms with E-state index in [2.05, 4.69) is 10.3 Å². The fourth-order valence-corrected chi connectivity index (χ4v) is 2.74. The summed E-state index contributed by atoms with van der Waals surface area (Å²) in [7, 11) is 0. The highest BCUT2D eigenvalue weighted by Crippen LogP contribution is 2.34. The third-order valence-corrected chi connectivity index (χ3v) is 3.91. The van der Waals surface area contributed by atoms with Crippen LogP contribution in [-0.2, 0) is 6.18 Å². The Morgan fingerprint density at radius 1 is 1.46 bits per heavy atom. The zero-order valence-electron chi connectivity index (χ0n) is 12.6. The molecule has 1 aromatic rings. The van der Waals surface area contributed by atoms with E-state index in [0.717, 1.165) is 12.1 Å². The Morgan fingerprint density at radius 3 is 2.62 bits per heavy atom. The van der Waals surface area contributed by atoms with Crippen molar-refractivity contribution in [1.29, 1.82) is 0 Å². The van der Waals surface area contributed by atoms with Crippen LogP contribution in [0.1, 0.15) is 18.9 Å². The molecule has 1 saturated heterocycles. The number of alkyl halides is 5. The SMILES string of the molecule is CC1CC(F)(F)CN(C(=O)O)C1CNc1ccc(C(F)(F)F)cn1. The Bertz CT molecular complexity index is 591. The van der Waals surface area contributed by atoms with Crippen molar-refractivity contribution in [2.75, 3.05) is 18.4 Å². The molecule has 0 saturated carbocycles. The van der Waals surface area contributed by atoms with E-state index < -0.39 is 48.7 Å². The van der Waals surface area contributed by atoms with Crippen molar-refractivity contribution in [2.45, 2.75) is 31.5 Å². The van der Waals surface area contributed by atoms with Crippen molar-refractivity contribution < 1.29 is 31.9 Å². The number of aromatic nitrogens is 1. The Morgan fingerprint density at radius 2 is 2.12 bits per heavy atom. The van der Waals surface area contributed by atoms with Gasteiger partial charge in [0.1, 0.15) is 5.82 Å². The lowest BCUT2D eigenvalue weighted by molar-refractivity contribution is -0.137. The van der Waals surface area contributed by atoms with E-state index in [1.54, 1.807) is 0 Å². The lowest BCUT2D eigenvalue weighted by atomic mass is 9.89. The number of nitrogens with one attached hydrogen (secondary N) is 1. The maximum atomic E-state index is 13.5. The van der Waals surface area contributed by atoms with Gasteiger partial charge in [-0.15, -0.1) is 0 Å². The van der Waals surface area contributed by atoms with Gasteiger partial charge in [0.15, 0.2) is 0 Å². The van der Waals surface area contributed by atoms with E-state index in [9.17, 15) is 26.7 Å². The van der Waals surface area contributed by atoms with Crippen LogP contribution in [0.4, 0.5) is 32.6 Å². The lowest BCUT2D eigenvalue weighted by Crippen LogP contribution is -2.57. The molecule has 2 heterocycles. The van der Waals surface area contributed by atoms with Gasteiger partial charge in [-0.05, 0) is 18.1 Å². The molecule has 10 heteroatoms. The van der Waals surface area contributed by atoms with E-state index >= 15 is 0 Å². The number of carboxylic acid groups (broad SMARTS) is 1. The van der Waals surface area contributed by atoms with Crippen LogP contribution in [0.3, 0.4) is 0 Å². The normalized spacial score (nSPS) is 23.8. The Balaban J connectivity index is 2.05. The molecule has 0 bridgehead atoms. The zero-order valence-corrected chi connectivity index (χ0v) is 12.6. The summed E-state index contributed by atoms with van der Waals surface area (Å²) in [4.78, 5) is 15.5. The fourth-order valence-electron chi connectivity index (χ4n) is 2.74. The van der Waals surface area contributed by atoms with Crippen molar-refractivity contribution in [3.05, 3.63) is 23.9 Å². The third-order valence-electron chi connectivity index (χ3n) is 3.91. The van der Waals surface area contributed by atoms with Crippen molar-refractivity contribution >= 4 is 11.9 Å². The highest BCUT2D eigenvalue weighted by molar-refractivity contribution is 5.66. The second-order valence-electron chi connectivity index (χ2n) is 5.83. The largest absolute Gasteiger partial charge is 0.465 e. The van der Waals surface area contributed by atoms with E-state index in [1.165, 1.54) is 6.92 Å². The molecule has 2 N–H and O–H groups in total. The smallest absolute Gasteiger partial charge is 0.417 e. The van der Waals surface area contributed by atoms with Crippen molar-refractivity contribution in [1.82, 2.24) is 9.88 Å². The standard InChI is InChI=1S/C14H16F5N3O2/c1-8-4-13(15,16)7-22(12(23)24)10(8)6-21-11-3-2-9(5-20-11)14(17,18)19/h2-3,5,8,10H,4,6-7H2,1H3,(H,20,21)(H,23,24). The minimum Gasteiger partial charge on any atom is -0.465 e. The summed E-state index contributed by atoms with van der Waals surface area (Å²) in [6.45, 7) is 0.580. The number of nitrogens with zero attached hydrogens (tertiary/aromatic N) is 2. The average molecular weight is 353 g/mol. The first-order valence-electron chi connectivity index (χ1n) is 7.14. The lowest BCUT2D eigenvalue weighted by Gasteiger charge is -2.42. The van der Waals surface area contributed by atoms with Crippen molar-refractivity contribution in [3.63, 3.8) is 0 Å². The molecule has 1 fully saturated rings. The topological polar surface area (TPSA) is 65.5 Å². The summed E-state index contributed by atoms with van der Waals surface area (Å²) in [5.74, 6) is -3.61. The predicted molar refractivity (Wildman–Crippen MR) is 75.0 cm³/mol. The maximum absolute atomic E-state index is 13.5. The van der Waals surface area contributed by atoms with E-state index in [-0.39, 0.29) is 12.4 Å². The number of piperidine rings is 1. The number of hydrogen-bond donors (Lipinski definition) is 2. The second-order valence-corrected chi connectivity index (χ2v) is 5.83. The molecule has 2 rings (SSSR count). The first-order chi connectivity index (χ1) is 11.0. The monoisotopic (exact) mass is 353 g/mol. The van der Waals surface area contributed by atoms with Gasteiger partial charge in [-0.3, -0.25) is 4.90 Å². The molecule has 5 nitrogen and oxygen atoms in total. The summed E-state index contributed by atoms with van der Waals surface area (Å²) in [6, 6.07) is 1.21. The first kappa shape index (κ1) is 18.2. The number of halogens is 5. The van der Waals surface area contributed by atoms with Crippen LogP contribution in [0, 0.1) is 5.92 Å². The zero-order chi connectivity index (χ0) is 18.1. The average Bonchev–Trinajstić information content (AvgIpc) is 2.44. The third kappa shape index (κ3) is 4.24. The molecule has 2 unspecified atom stereocenters. The molecule has 0 spiro atoms. The van der Waals surface area contributed by atoms with E-state index in [4.69, 9.17) is 5.11 Å². The molecule has 1 aliphatic rings. The number of anilines is 1. The fraction of sp³-hybridized carbons (Fsp3) is 0.571. The van der Waals surface area contributed by atoms with Crippen LogP contribution in [0.5, 0.6) is 0 Å². The van der Waals surface area contributed by atoms with Crippen LogP contribution in [0.2, 0.25) is 0 Å². The van der Waals surface area contributed by atoms with Gasteiger partial charge in [-0.25, -0.2) is 18.6 Å². The number of pyridine rings is 1. The number of rotatable bonds is 3. The molecule has 24 heavy (non-hydrogen) atoms. The van der Waals surface area contributed by atoms with E-state index in [1.807, 2.05) is 0 Å². The molecule has 0 aliphatic carbocycles. The van der Waals surface area contributed by atoms with Crippen molar-refractivity contribution in [2.24, 2.45) is 5.92 Å². The van der Waals surface area contributed by atoms with Gasteiger partial charge in [-0.1, -0.05) is 6.92 Å². The summed E-state index contributed by atoms with van der Waals surface area (Å²) >= 11 is 0. The summed E-state index contributed by atoms with van der Waals surface area (Å²) in [5, 5.41) is 11.8. The minimum absolute atomic E-state index is 0.0259. The second kappa shape index (κ2) is 6.40. The van der Waals surface area contributed by atoms with Gasteiger partial charge in [0, 0.05) is 19.2 Å². The van der Waals surface area contributed by atoms with Crippen molar-refractivity contribution in [3.8, 4) is 0 Å². The molecule has 1 amide bonds. The van der Waals surface area contributed by atoms with E-state index in [0.29, 0.717) is 11.1 Å². The molecule has 134 valence electrons. The van der Waals surface area contributed by atoms with Gasteiger partial charge in [0.05, 0.1) is 18.2 Å². The molecule has 1 aromatic heterocycles. The number of likely N-dealkylation sites (tertiary alicyclic amines) is 1. The van der Waals surface area contributed by atoms with Crippen LogP contribution in [0.25, 0.3) is 0 Å². The van der Waals surface area contributed by atoms with Gasteiger partial charge in [0.25, 0.3) is 5.92 Å². The van der Waals surface area contributed by atoms with Crippen LogP contribution >= 0.6 is 0 Å². The Kier molecular flexibility index (Phi) is 4.86. The summed E-state index contributed by atoms with van der Waals surface area (Å²) in [6.07, 6.45) is -5.78. The quantitative estimate of drug-likeness (QED) is 0.816. The molecule has 2 atom stereocenters. The minimum atomic E-state index is -4.50. The molecular weight excluding hydrogens is 337 g/mol. The molecule has 0 radical (unpaired) electrons. The molecular formula is C14H16F5N3O2. The summed E-state index contributed by atoms with van der Waals surface area (Å²) < 4.78 is 64.4. The first-order valence-corrected chi connectivity index (χ1v) is 7.14. The van der Waals surface area contributed by atoms with Gasteiger partial charge >= 0.3 is 12.3 Å². The van der Waals surface area contributed by atoms with Crippen LogP contribution in [-0.4, -0.2) is 46.1 Å². The number of amides is 1. The predicted octanol–water partition coefficient (Wildman–Crippen LogP) is 3.54. The van der Waals surface area contributed by atoms with Crippen LogP contribution < -0.4 is 5.32 Å². The highest BCUT2D eigenvalue weighted by atomic mass is 19.4. The Labute approximate surface area is 134 Å². The highest BCUT2D eigenvalue weighted by Gasteiger charge is 2.46. The number of carbonyl (C=O) groups is 1. The molecule has 1 aliphatic heterocycles. The number of hydrogen-bond acceptors (Lipinski definition) is 3. The van der Waals surface area contributed by atoms with Gasteiger partial charge in [-0.2, -0.15) is 13.2 Å². The molecule has 0 aromatic carbocycles. The van der Waals surface area contributed by atoms with Crippen LogP contribution in [0.15, 0.2) is 18.3 Å². The van der Waals surface area contributed by atoms with Gasteiger partial charge < -0.3 is 10.4 Å². The van der Waals surface area contributed by atoms with Gasteiger partial charge in [0.2, 0.25) is 0 Å².